The van der Waals surface area contributed by atoms with E-state index in [0.717, 1.165) is 37.6 Å². The molecule has 0 radical (unpaired) electrons. The topological polar surface area (TPSA) is 149 Å². The fraction of sp³-hybridized carbons (Fsp3) is 0.429. The molecule has 30 heavy (non-hydrogen) atoms. The van der Waals surface area contributed by atoms with Gasteiger partial charge in [-0.3, -0.25) is 10.1 Å². The van der Waals surface area contributed by atoms with E-state index < -0.39 is 4.92 Å². The molecule has 1 saturated carbocycles. The van der Waals surface area contributed by atoms with Gasteiger partial charge < -0.3 is 21.8 Å². The maximum Gasteiger partial charge on any atom is 0.332 e. The Hall–Kier alpha value is -3.20. The first kappa shape index (κ1) is 20.1. The largest absolute Gasteiger partial charge is 0.378 e. The van der Waals surface area contributed by atoms with Gasteiger partial charge in [0.15, 0.2) is 0 Å². The van der Waals surface area contributed by atoms with Gasteiger partial charge in [-0.1, -0.05) is 18.2 Å². The van der Waals surface area contributed by atoms with Gasteiger partial charge in [-0.2, -0.15) is 4.98 Å². The predicted molar refractivity (Wildman–Crippen MR) is 117 cm³/mol. The van der Waals surface area contributed by atoms with E-state index in [1.54, 1.807) is 0 Å². The number of nitrogen functional groups attached to an aromatic ring is 1. The molecule has 9 heteroatoms. The van der Waals surface area contributed by atoms with E-state index in [1.165, 1.54) is 10.9 Å². The van der Waals surface area contributed by atoms with E-state index in [9.17, 15) is 10.1 Å². The first-order valence-corrected chi connectivity index (χ1v) is 10.4. The number of aromatic nitrogens is 3. The van der Waals surface area contributed by atoms with Crippen molar-refractivity contribution < 1.29 is 4.92 Å². The fourth-order valence-electron chi connectivity index (χ4n) is 4.25. The van der Waals surface area contributed by atoms with Gasteiger partial charge in [0.05, 0.1) is 4.92 Å². The second-order valence-corrected chi connectivity index (χ2v) is 8.01. The Morgan fingerprint density at radius 3 is 2.73 bits per heavy atom. The highest BCUT2D eigenvalue weighted by atomic mass is 16.6. The molecule has 0 amide bonds. The van der Waals surface area contributed by atoms with E-state index in [1.807, 2.05) is 24.4 Å². The Labute approximate surface area is 174 Å². The third-order valence-corrected chi connectivity index (χ3v) is 5.89. The number of para-hydroxylation sites is 1. The molecular formula is C21H27N7O2. The van der Waals surface area contributed by atoms with Crippen molar-refractivity contribution in [3.05, 3.63) is 51.8 Å². The highest BCUT2D eigenvalue weighted by Gasteiger charge is 2.27. The predicted octanol–water partition coefficient (Wildman–Crippen LogP) is 3.16. The number of nitrogens with one attached hydrogen (secondary N) is 2. The summed E-state index contributed by atoms with van der Waals surface area (Å²) in [5.74, 6) is 0.574. The third-order valence-electron chi connectivity index (χ3n) is 5.89. The Bertz CT molecular complexity index is 1040. The van der Waals surface area contributed by atoms with Crippen molar-refractivity contribution in [3.8, 4) is 0 Å². The molecule has 0 saturated heterocycles. The van der Waals surface area contributed by atoms with E-state index in [-0.39, 0.29) is 17.5 Å². The maximum atomic E-state index is 11.5. The molecule has 1 aliphatic carbocycles. The normalized spacial score (nSPS) is 19.1. The number of hydrogen-bond donors (Lipinski definition) is 4. The molecule has 1 aromatic carbocycles. The van der Waals surface area contributed by atoms with Crippen LogP contribution < -0.4 is 16.8 Å². The van der Waals surface area contributed by atoms with Crippen LogP contribution in [0.3, 0.4) is 0 Å². The van der Waals surface area contributed by atoms with Crippen LogP contribution in [0, 0.1) is 16.0 Å². The van der Waals surface area contributed by atoms with Gasteiger partial charge in [-0.25, -0.2) is 4.98 Å². The molecule has 6 N–H and O–H groups in total. The summed E-state index contributed by atoms with van der Waals surface area (Å²) in [4.78, 5) is 22.9. The number of rotatable bonds is 7. The zero-order valence-electron chi connectivity index (χ0n) is 16.8. The number of nitro groups is 1. The van der Waals surface area contributed by atoms with Gasteiger partial charge in [0.25, 0.3) is 0 Å². The number of nitrogens with two attached hydrogens (primary N) is 2. The number of H-pyrrole nitrogens is 1. The number of anilines is 2. The molecule has 2 aromatic heterocycles. The van der Waals surface area contributed by atoms with Crippen LogP contribution in [0.2, 0.25) is 0 Å². The van der Waals surface area contributed by atoms with E-state index in [4.69, 9.17) is 11.5 Å². The van der Waals surface area contributed by atoms with E-state index >= 15 is 0 Å². The lowest BCUT2D eigenvalue weighted by molar-refractivity contribution is -0.385. The number of fused-ring (bicyclic) bond motifs is 1. The zero-order chi connectivity index (χ0) is 21.1. The van der Waals surface area contributed by atoms with Crippen molar-refractivity contribution in [3.63, 3.8) is 0 Å². The van der Waals surface area contributed by atoms with Crippen LogP contribution in [0.25, 0.3) is 10.9 Å². The van der Waals surface area contributed by atoms with Gasteiger partial charge in [-0.05, 0) is 56.1 Å². The summed E-state index contributed by atoms with van der Waals surface area (Å²) < 4.78 is 0. The first-order valence-electron chi connectivity index (χ1n) is 10.4. The molecule has 1 fully saturated rings. The Morgan fingerprint density at radius 2 is 1.97 bits per heavy atom. The number of benzene rings is 1. The van der Waals surface area contributed by atoms with Crippen molar-refractivity contribution in [2.75, 3.05) is 17.6 Å². The molecule has 3 aromatic rings. The summed E-state index contributed by atoms with van der Waals surface area (Å²) in [5.41, 5.74) is 14.4. The SMILES string of the molecule is Nc1nc(NCCc2c[nH]c3ccccc23)nc(CC2CCC(N)CC2)c1[N+](=O)[O-]. The first-order chi connectivity index (χ1) is 14.5. The van der Waals surface area contributed by atoms with Gasteiger partial charge in [0.1, 0.15) is 5.69 Å². The molecule has 1 aliphatic rings. The number of hydrogen-bond acceptors (Lipinski definition) is 7. The minimum absolute atomic E-state index is 0.0906. The summed E-state index contributed by atoms with van der Waals surface area (Å²) in [6.07, 6.45) is 7.06. The highest BCUT2D eigenvalue weighted by Crippen LogP contribution is 2.31. The van der Waals surface area contributed by atoms with Gasteiger partial charge in [0.2, 0.25) is 11.8 Å². The maximum absolute atomic E-state index is 11.5. The van der Waals surface area contributed by atoms with Crippen molar-refractivity contribution in [2.45, 2.75) is 44.6 Å². The molecule has 0 spiro atoms. The molecule has 0 atom stereocenters. The highest BCUT2D eigenvalue weighted by molar-refractivity contribution is 5.83. The van der Waals surface area contributed by atoms with Gasteiger partial charge in [-0.15, -0.1) is 0 Å². The second-order valence-electron chi connectivity index (χ2n) is 8.01. The lowest BCUT2D eigenvalue weighted by Gasteiger charge is -2.25. The minimum atomic E-state index is -0.477. The summed E-state index contributed by atoms with van der Waals surface area (Å²) in [7, 11) is 0. The lowest BCUT2D eigenvalue weighted by atomic mass is 9.83. The summed E-state index contributed by atoms with van der Waals surface area (Å²) in [5, 5.41) is 15.9. The molecule has 158 valence electrons. The van der Waals surface area contributed by atoms with Crippen LogP contribution in [-0.2, 0) is 12.8 Å². The summed E-state index contributed by atoms with van der Waals surface area (Å²) in [6.45, 7) is 0.594. The van der Waals surface area contributed by atoms with E-state index in [0.29, 0.717) is 30.5 Å². The summed E-state index contributed by atoms with van der Waals surface area (Å²) in [6, 6.07) is 8.36. The number of nitrogens with zero attached hydrogens (tertiary/aromatic N) is 3. The van der Waals surface area contributed by atoms with Crippen molar-refractivity contribution in [1.82, 2.24) is 15.0 Å². The Morgan fingerprint density at radius 1 is 1.20 bits per heavy atom. The molecule has 0 aliphatic heterocycles. The zero-order valence-corrected chi connectivity index (χ0v) is 16.8. The van der Waals surface area contributed by atoms with Crippen LogP contribution >= 0.6 is 0 Å². The summed E-state index contributed by atoms with van der Waals surface area (Å²) >= 11 is 0. The minimum Gasteiger partial charge on any atom is -0.378 e. The average molecular weight is 409 g/mol. The molecule has 4 rings (SSSR count). The van der Waals surface area contributed by atoms with Crippen LogP contribution in [0.4, 0.5) is 17.5 Å². The molecule has 0 bridgehead atoms. The monoisotopic (exact) mass is 409 g/mol. The standard InChI is InChI=1S/C21H27N7O2/c22-15-7-5-13(6-8-15)11-18-19(28(29)30)20(23)27-21(26-18)24-10-9-14-12-25-17-4-2-1-3-16(14)17/h1-4,12-13,15,25H,5-11,22H2,(H3,23,24,26,27). The Kier molecular flexibility index (Phi) is 5.80. The van der Waals surface area contributed by atoms with Crippen LogP contribution in [0.15, 0.2) is 30.5 Å². The van der Waals surface area contributed by atoms with E-state index in [2.05, 4.69) is 26.3 Å². The van der Waals surface area contributed by atoms with Crippen molar-refractivity contribution in [1.29, 1.82) is 0 Å². The number of aromatic amines is 1. The smallest absolute Gasteiger partial charge is 0.332 e. The van der Waals surface area contributed by atoms with Crippen LogP contribution in [-0.4, -0.2) is 32.5 Å². The fourth-order valence-corrected chi connectivity index (χ4v) is 4.25. The van der Waals surface area contributed by atoms with Crippen LogP contribution in [0.5, 0.6) is 0 Å². The van der Waals surface area contributed by atoms with Gasteiger partial charge in [0, 0.05) is 29.7 Å². The third kappa shape index (κ3) is 4.35. The molecule has 9 nitrogen and oxygen atoms in total. The average Bonchev–Trinajstić information content (AvgIpc) is 3.12. The second kappa shape index (κ2) is 8.66. The molecule has 2 heterocycles. The quantitative estimate of drug-likeness (QED) is 0.346. The van der Waals surface area contributed by atoms with Crippen molar-refractivity contribution in [2.24, 2.45) is 11.7 Å². The Balaban J connectivity index is 1.47. The van der Waals surface area contributed by atoms with Crippen LogP contribution in [0.1, 0.15) is 36.9 Å². The molecular weight excluding hydrogens is 382 g/mol. The lowest BCUT2D eigenvalue weighted by Crippen LogP contribution is -2.27. The molecule has 0 unspecified atom stereocenters. The van der Waals surface area contributed by atoms with Crippen molar-refractivity contribution >= 4 is 28.4 Å². The van der Waals surface area contributed by atoms with Gasteiger partial charge >= 0.3 is 5.69 Å².